The van der Waals surface area contributed by atoms with Crippen molar-refractivity contribution in [3.63, 3.8) is 0 Å². The van der Waals surface area contributed by atoms with Gasteiger partial charge in [-0.15, -0.1) is 0 Å². The van der Waals surface area contributed by atoms with Gasteiger partial charge >= 0.3 is 0 Å². The summed E-state index contributed by atoms with van der Waals surface area (Å²) in [7, 11) is 0. The van der Waals surface area contributed by atoms with E-state index in [0.717, 1.165) is 12.8 Å². The van der Waals surface area contributed by atoms with E-state index in [4.69, 9.17) is 15.9 Å². The number of hydrogen-bond acceptors (Lipinski definition) is 3. The third-order valence-corrected chi connectivity index (χ3v) is 1.77. The zero-order valence-corrected chi connectivity index (χ0v) is 7.16. The maximum absolute atomic E-state index is 8.61. The van der Waals surface area contributed by atoms with Crippen molar-refractivity contribution < 1.29 is 10.2 Å². The third kappa shape index (κ3) is 6.28. The van der Waals surface area contributed by atoms with Gasteiger partial charge in [-0.3, -0.25) is 0 Å². The first-order valence-electron chi connectivity index (χ1n) is 4.30. The van der Waals surface area contributed by atoms with E-state index in [1.807, 2.05) is 0 Å². The Balaban J connectivity index is 3.10. The molecule has 0 aromatic rings. The lowest BCUT2D eigenvalue weighted by atomic mass is 10.1. The van der Waals surface area contributed by atoms with Crippen LogP contribution in [-0.2, 0) is 0 Å². The number of unbranched alkanes of at least 4 members (excludes halogenated alkanes) is 3. The molecule has 0 heterocycles. The lowest BCUT2D eigenvalue weighted by Gasteiger charge is -2.12. The van der Waals surface area contributed by atoms with Gasteiger partial charge in [-0.25, -0.2) is 0 Å². The van der Waals surface area contributed by atoms with E-state index in [1.54, 1.807) is 0 Å². The Kier molecular flexibility index (Phi) is 6.51. The fraction of sp³-hybridized carbons (Fsp3) is 1.00. The predicted octanol–water partition coefficient (Wildman–Crippen LogP) is 0.595. The molecule has 0 unspecified atom stereocenters. The fourth-order valence-corrected chi connectivity index (χ4v) is 0.956. The van der Waals surface area contributed by atoms with Crippen LogP contribution in [0, 0.1) is 0 Å². The first-order valence-corrected chi connectivity index (χ1v) is 4.30. The van der Waals surface area contributed by atoms with Gasteiger partial charge in [0.15, 0.2) is 6.29 Å². The summed E-state index contributed by atoms with van der Waals surface area (Å²) in [5.74, 6) is 0. The molecule has 0 aliphatic rings. The maximum Gasteiger partial charge on any atom is 0.166 e. The summed E-state index contributed by atoms with van der Waals surface area (Å²) < 4.78 is 0. The number of nitrogens with two attached hydrogens (primary N) is 1. The van der Waals surface area contributed by atoms with Crippen LogP contribution in [0.4, 0.5) is 0 Å². The summed E-state index contributed by atoms with van der Waals surface area (Å²) in [4.78, 5) is 0. The van der Waals surface area contributed by atoms with Crippen LogP contribution in [0.5, 0.6) is 0 Å². The summed E-state index contributed by atoms with van der Waals surface area (Å²) in [6, 6.07) is -0.466. The standard InChI is InChI=1S/C8H19NO2/c1-2-3-4-5-6-7(9)8(10)11/h7-8,10-11H,2-6,9H2,1H3/t7-/m0/s1. The molecule has 0 aromatic heterocycles. The summed E-state index contributed by atoms with van der Waals surface area (Å²) in [6.45, 7) is 2.14. The van der Waals surface area contributed by atoms with Crippen LogP contribution in [0.3, 0.4) is 0 Å². The molecule has 0 spiro atoms. The van der Waals surface area contributed by atoms with Gasteiger partial charge in [-0.05, 0) is 6.42 Å². The van der Waals surface area contributed by atoms with Gasteiger partial charge in [0.1, 0.15) is 0 Å². The van der Waals surface area contributed by atoms with Crippen LogP contribution in [0.25, 0.3) is 0 Å². The molecule has 0 amide bonds. The van der Waals surface area contributed by atoms with Crippen LogP contribution in [0.2, 0.25) is 0 Å². The minimum absolute atomic E-state index is 0.466. The molecular formula is C8H19NO2. The van der Waals surface area contributed by atoms with Gasteiger partial charge in [0.25, 0.3) is 0 Å². The van der Waals surface area contributed by atoms with Crippen molar-refractivity contribution in [1.82, 2.24) is 0 Å². The van der Waals surface area contributed by atoms with Gasteiger partial charge in [-0.2, -0.15) is 0 Å². The van der Waals surface area contributed by atoms with Crippen LogP contribution in [0.1, 0.15) is 39.0 Å². The third-order valence-electron chi connectivity index (χ3n) is 1.77. The van der Waals surface area contributed by atoms with Gasteiger partial charge < -0.3 is 15.9 Å². The van der Waals surface area contributed by atoms with Gasteiger partial charge in [0.2, 0.25) is 0 Å². The van der Waals surface area contributed by atoms with Crippen molar-refractivity contribution in [1.29, 1.82) is 0 Å². The molecule has 0 saturated carbocycles. The second kappa shape index (κ2) is 6.58. The van der Waals surface area contributed by atoms with Crippen LogP contribution in [0.15, 0.2) is 0 Å². The predicted molar refractivity (Wildman–Crippen MR) is 45.0 cm³/mol. The molecule has 3 heteroatoms. The van der Waals surface area contributed by atoms with Crippen LogP contribution < -0.4 is 5.73 Å². The normalized spacial score (nSPS) is 13.9. The molecule has 0 aliphatic carbocycles. The molecular weight excluding hydrogens is 142 g/mol. The largest absolute Gasteiger partial charge is 0.367 e. The Morgan fingerprint density at radius 3 is 2.27 bits per heavy atom. The molecule has 68 valence electrons. The lowest BCUT2D eigenvalue weighted by molar-refractivity contribution is -0.0599. The van der Waals surface area contributed by atoms with E-state index >= 15 is 0 Å². The molecule has 0 saturated heterocycles. The van der Waals surface area contributed by atoms with Crippen molar-refractivity contribution in [2.75, 3.05) is 0 Å². The summed E-state index contributed by atoms with van der Waals surface area (Å²) in [5, 5.41) is 17.2. The Hall–Kier alpha value is -0.120. The minimum atomic E-state index is -1.35. The molecule has 3 nitrogen and oxygen atoms in total. The number of hydrogen-bond donors (Lipinski definition) is 3. The van der Waals surface area contributed by atoms with Gasteiger partial charge in [-0.1, -0.05) is 32.6 Å². The second-order valence-corrected chi connectivity index (χ2v) is 2.93. The number of aliphatic hydroxyl groups is 2. The van der Waals surface area contributed by atoms with Gasteiger partial charge in [0.05, 0.1) is 6.04 Å². The van der Waals surface area contributed by atoms with Crippen molar-refractivity contribution in [3.8, 4) is 0 Å². The summed E-state index contributed by atoms with van der Waals surface area (Å²) in [5.41, 5.74) is 5.40. The smallest absolute Gasteiger partial charge is 0.166 e. The zero-order valence-electron chi connectivity index (χ0n) is 7.16. The highest BCUT2D eigenvalue weighted by molar-refractivity contribution is 4.62. The van der Waals surface area contributed by atoms with E-state index in [1.165, 1.54) is 12.8 Å². The molecule has 0 fully saturated rings. The zero-order chi connectivity index (χ0) is 8.69. The highest BCUT2D eigenvalue weighted by Gasteiger charge is 2.09. The highest BCUT2D eigenvalue weighted by atomic mass is 16.5. The van der Waals surface area contributed by atoms with E-state index in [-0.39, 0.29) is 0 Å². The van der Waals surface area contributed by atoms with Crippen LogP contribution in [-0.4, -0.2) is 22.5 Å². The van der Waals surface area contributed by atoms with E-state index < -0.39 is 12.3 Å². The molecule has 1 atom stereocenters. The Morgan fingerprint density at radius 2 is 1.82 bits per heavy atom. The maximum atomic E-state index is 8.61. The first-order chi connectivity index (χ1) is 5.18. The van der Waals surface area contributed by atoms with E-state index in [9.17, 15) is 0 Å². The molecule has 0 bridgehead atoms. The van der Waals surface area contributed by atoms with Crippen molar-refractivity contribution >= 4 is 0 Å². The van der Waals surface area contributed by atoms with Crippen molar-refractivity contribution in [2.24, 2.45) is 5.73 Å². The summed E-state index contributed by atoms with van der Waals surface area (Å²) >= 11 is 0. The first kappa shape index (κ1) is 10.9. The topological polar surface area (TPSA) is 66.5 Å². The van der Waals surface area contributed by atoms with E-state index in [0.29, 0.717) is 6.42 Å². The highest BCUT2D eigenvalue weighted by Crippen LogP contribution is 2.05. The quantitative estimate of drug-likeness (QED) is 0.394. The Labute approximate surface area is 68.2 Å². The second-order valence-electron chi connectivity index (χ2n) is 2.93. The number of aliphatic hydroxyl groups excluding tert-OH is 1. The Bertz CT molecular complexity index is 86.2. The van der Waals surface area contributed by atoms with Crippen molar-refractivity contribution in [2.45, 2.75) is 51.4 Å². The van der Waals surface area contributed by atoms with Crippen LogP contribution >= 0.6 is 0 Å². The summed E-state index contributed by atoms with van der Waals surface area (Å²) in [6.07, 6.45) is 3.88. The molecule has 4 N–H and O–H groups in total. The molecule has 0 aromatic carbocycles. The van der Waals surface area contributed by atoms with Gasteiger partial charge in [0, 0.05) is 0 Å². The fourth-order valence-electron chi connectivity index (χ4n) is 0.956. The SMILES string of the molecule is CCCCCC[C@H](N)C(O)O. The van der Waals surface area contributed by atoms with E-state index in [2.05, 4.69) is 6.92 Å². The minimum Gasteiger partial charge on any atom is -0.367 e. The molecule has 0 radical (unpaired) electrons. The van der Waals surface area contributed by atoms with Crippen molar-refractivity contribution in [3.05, 3.63) is 0 Å². The average Bonchev–Trinajstić information content (AvgIpc) is 1.97. The lowest BCUT2D eigenvalue weighted by Crippen LogP contribution is -2.34. The number of rotatable bonds is 6. The molecule has 0 rings (SSSR count). The molecule has 0 aliphatic heterocycles. The average molecular weight is 161 g/mol. The Morgan fingerprint density at radius 1 is 1.18 bits per heavy atom. The molecule has 11 heavy (non-hydrogen) atoms. The monoisotopic (exact) mass is 161 g/mol.